The molecule has 0 N–H and O–H groups in total. The second kappa shape index (κ2) is 8.64. The van der Waals surface area contributed by atoms with Gasteiger partial charge in [0.25, 0.3) is 5.91 Å². The number of likely N-dealkylation sites (tertiary alicyclic amines) is 1. The highest BCUT2D eigenvalue weighted by atomic mass is 16.6. The number of rotatable bonds is 6. The molecule has 8 nitrogen and oxygen atoms in total. The lowest BCUT2D eigenvalue weighted by molar-refractivity contribution is -0.385. The summed E-state index contributed by atoms with van der Waals surface area (Å²) < 4.78 is 10.3. The van der Waals surface area contributed by atoms with E-state index in [4.69, 9.17) is 9.47 Å². The zero-order valence-electron chi connectivity index (χ0n) is 15.3. The third-order valence-corrected chi connectivity index (χ3v) is 4.50. The Balaban J connectivity index is 2.04. The van der Waals surface area contributed by atoms with Gasteiger partial charge in [0.2, 0.25) is 0 Å². The molecule has 0 aliphatic carbocycles. The number of hydrogen-bond acceptors (Lipinski definition) is 6. The van der Waals surface area contributed by atoms with Crippen molar-refractivity contribution in [3.8, 4) is 5.75 Å². The lowest BCUT2D eigenvalue weighted by Crippen LogP contribution is -2.49. The monoisotopic (exact) mass is 364 g/mol. The number of ether oxygens (including phenoxy) is 2. The highest BCUT2D eigenvalue weighted by molar-refractivity contribution is 5.92. The molecule has 1 heterocycles. The number of carbonyl (C=O) groups is 2. The maximum Gasteiger partial charge on any atom is 0.338 e. The number of esters is 1. The van der Waals surface area contributed by atoms with Crippen molar-refractivity contribution in [2.45, 2.75) is 52.1 Å². The van der Waals surface area contributed by atoms with E-state index in [0.29, 0.717) is 0 Å². The van der Waals surface area contributed by atoms with E-state index < -0.39 is 10.9 Å². The van der Waals surface area contributed by atoms with Crippen LogP contribution in [0.15, 0.2) is 18.2 Å². The van der Waals surface area contributed by atoms with Crippen molar-refractivity contribution in [1.29, 1.82) is 0 Å². The predicted molar refractivity (Wildman–Crippen MR) is 94.2 cm³/mol. The first-order valence-corrected chi connectivity index (χ1v) is 8.74. The van der Waals surface area contributed by atoms with E-state index in [1.54, 1.807) is 11.8 Å². The highest BCUT2D eigenvalue weighted by Crippen LogP contribution is 2.28. The molecule has 1 amide bonds. The maximum atomic E-state index is 12.4. The molecule has 8 heteroatoms. The lowest BCUT2D eigenvalue weighted by Gasteiger charge is -2.38. The third-order valence-electron chi connectivity index (χ3n) is 4.50. The number of nitro groups is 1. The van der Waals surface area contributed by atoms with Crippen LogP contribution in [0.4, 0.5) is 5.69 Å². The molecule has 1 saturated heterocycles. The zero-order chi connectivity index (χ0) is 19.3. The number of hydrogen-bond donors (Lipinski definition) is 0. The Morgan fingerprint density at radius 3 is 2.50 bits per heavy atom. The molecule has 0 aromatic heterocycles. The van der Waals surface area contributed by atoms with Crippen LogP contribution in [0.3, 0.4) is 0 Å². The average Bonchev–Trinajstić information content (AvgIpc) is 2.60. The first-order chi connectivity index (χ1) is 12.3. The van der Waals surface area contributed by atoms with Gasteiger partial charge in [0, 0.05) is 18.2 Å². The molecule has 0 saturated carbocycles. The van der Waals surface area contributed by atoms with Crippen LogP contribution in [0.2, 0.25) is 0 Å². The molecule has 1 aliphatic heterocycles. The standard InChI is InChI=1S/C18H24N2O6/c1-4-25-16-9-8-14(10-15(16)20(23)24)18(22)26-11-17(21)19-12(2)6-5-7-13(19)3/h8-10,12-13H,4-7,11H2,1-3H3/t12-,13-/m0/s1. The molecule has 0 radical (unpaired) electrons. The quantitative estimate of drug-likeness (QED) is 0.437. The van der Waals surface area contributed by atoms with Gasteiger partial charge in [0.05, 0.1) is 17.1 Å². The minimum atomic E-state index is -0.776. The van der Waals surface area contributed by atoms with E-state index in [-0.39, 0.29) is 48.2 Å². The summed E-state index contributed by atoms with van der Waals surface area (Å²) in [5.41, 5.74) is -0.307. The van der Waals surface area contributed by atoms with Gasteiger partial charge in [-0.15, -0.1) is 0 Å². The molecule has 1 aromatic rings. The lowest BCUT2D eigenvalue weighted by atomic mass is 9.97. The van der Waals surface area contributed by atoms with Crippen molar-refractivity contribution in [3.05, 3.63) is 33.9 Å². The molecule has 1 fully saturated rings. The predicted octanol–water partition coefficient (Wildman–Crippen LogP) is 2.94. The van der Waals surface area contributed by atoms with E-state index >= 15 is 0 Å². The summed E-state index contributed by atoms with van der Waals surface area (Å²) in [5, 5.41) is 11.1. The van der Waals surface area contributed by atoms with Crippen LogP contribution in [0, 0.1) is 10.1 Å². The smallest absolute Gasteiger partial charge is 0.338 e. The SMILES string of the molecule is CCOc1ccc(C(=O)OCC(=O)N2[C@@H](C)CCC[C@@H]2C)cc1[N+](=O)[O-]. The summed E-state index contributed by atoms with van der Waals surface area (Å²) in [4.78, 5) is 36.8. The Morgan fingerprint density at radius 2 is 1.92 bits per heavy atom. The van der Waals surface area contributed by atoms with Crippen LogP contribution in [-0.4, -0.2) is 47.0 Å². The van der Waals surface area contributed by atoms with Crippen LogP contribution in [0.25, 0.3) is 0 Å². The molecule has 2 rings (SSSR count). The molecule has 142 valence electrons. The van der Waals surface area contributed by atoms with Crippen molar-refractivity contribution in [3.63, 3.8) is 0 Å². The molecule has 2 atom stereocenters. The summed E-state index contributed by atoms with van der Waals surface area (Å²) >= 11 is 0. The number of nitro benzene ring substituents is 1. The first-order valence-electron chi connectivity index (χ1n) is 8.74. The van der Waals surface area contributed by atoms with Gasteiger partial charge in [-0.3, -0.25) is 14.9 Å². The van der Waals surface area contributed by atoms with Crippen molar-refractivity contribution in [1.82, 2.24) is 4.90 Å². The Bertz CT molecular complexity index is 680. The molecule has 0 unspecified atom stereocenters. The molecule has 1 aliphatic rings. The summed E-state index contributed by atoms with van der Waals surface area (Å²) in [6.45, 7) is 5.55. The van der Waals surface area contributed by atoms with Gasteiger partial charge in [0.15, 0.2) is 12.4 Å². The summed E-state index contributed by atoms with van der Waals surface area (Å²) in [7, 11) is 0. The second-order valence-corrected chi connectivity index (χ2v) is 6.38. The topological polar surface area (TPSA) is 99.0 Å². The largest absolute Gasteiger partial charge is 0.487 e. The molecular formula is C18H24N2O6. The molecular weight excluding hydrogens is 340 g/mol. The molecule has 0 spiro atoms. The first kappa shape index (κ1) is 19.7. The molecule has 1 aromatic carbocycles. The minimum Gasteiger partial charge on any atom is -0.487 e. The Morgan fingerprint density at radius 1 is 1.27 bits per heavy atom. The van der Waals surface area contributed by atoms with Crippen LogP contribution in [0.1, 0.15) is 50.4 Å². The number of piperidine rings is 1. The van der Waals surface area contributed by atoms with Crippen LogP contribution in [0.5, 0.6) is 5.75 Å². The highest BCUT2D eigenvalue weighted by Gasteiger charge is 2.29. The summed E-state index contributed by atoms with van der Waals surface area (Å²) in [6.07, 6.45) is 2.92. The molecule has 0 bridgehead atoms. The number of benzene rings is 1. The minimum absolute atomic E-state index is 0.00712. The number of carbonyl (C=O) groups excluding carboxylic acids is 2. The van der Waals surface area contributed by atoms with E-state index in [1.165, 1.54) is 12.1 Å². The van der Waals surface area contributed by atoms with E-state index in [9.17, 15) is 19.7 Å². The summed E-state index contributed by atoms with van der Waals surface area (Å²) in [5.74, 6) is -0.943. The van der Waals surface area contributed by atoms with E-state index in [1.807, 2.05) is 13.8 Å². The Kier molecular flexibility index (Phi) is 6.54. The van der Waals surface area contributed by atoms with E-state index in [2.05, 4.69) is 0 Å². The van der Waals surface area contributed by atoms with Crippen molar-refractivity contribution in [2.24, 2.45) is 0 Å². The van der Waals surface area contributed by atoms with Gasteiger partial charge in [-0.05, 0) is 52.2 Å². The fourth-order valence-electron chi connectivity index (χ4n) is 3.26. The van der Waals surface area contributed by atoms with Crippen LogP contribution >= 0.6 is 0 Å². The average molecular weight is 364 g/mol. The van der Waals surface area contributed by atoms with Gasteiger partial charge in [0.1, 0.15) is 0 Å². The van der Waals surface area contributed by atoms with Crippen molar-refractivity contribution >= 4 is 17.6 Å². The Labute approximate surface area is 152 Å². The van der Waals surface area contributed by atoms with Crippen molar-refractivity contribution < 1.29 is 24.0 Å². The third kappa shape index (κ3) is 4.50. The number of nitrogens with zero attached hydrogens (tertiary/aromatic N) is 2. The normalized spacial score (nSPS) is 19.7. The summed E-state index contributed by atoms with van der Waals surface area (Å²) in [6, 6.07) is 4.06. The van der Waals surface area contributed by atoms with Crippen LogP contribution < -0.4 is 4.74 Å². The van der Waals surface area contributed by atoms with E-state index in [0.717, 1.165) is 25.3 Å². The fourth-order valence-corrected chi connectivity index (χ4v) is 3.26. The van der Waals surface area contributed by atoms with Gasteiger partial charge in [-0.2, -0.15) is 0 Å². The van der Waals surface area contributed by atoms with Gasteiger partial charge in [-0.25, -0.2) is 4.79 Å². The van der Waals surface area contributed by atoms with Gasteiger partial charge >= 0.3 is 11.7 Å². The second-order valence-electron chi connectivity index (χ2n) is 6.38. The van der Waals surface area contributed by atoms with Crippen molar-refractivity contribution in [2.75, 3.05) is 13.2 Å². The van der Waals surface area contributed by atoms with Gasteiger partial charge in [-0.1, -0.05) is 0 Å². The van der Waals surface area contributed by atoms with Crippen LogP contribution in [-0.2, 0) is 9.53 Å². The number of amides is 1. The zero-order valence-corrected chi connectivity index (χ0v) is 15.3. The van der Waals surface area contributed by atoms with Gasteiger partial charge < -0.3 is 14.4 Å². The maximum absolute atomic E-state index is 12.4. The Hall–Kier alpha value is -2.64. The fraction of sp³-hybridized carbons (Fsp3) is 0.556. The molecule has 26 heavy (non-hydrogen) atoms.